The lowest BCUT2D eigenvalue weighted by molar-refractivity contribution is -0.116. The average Bonchev–Trinajstić information content (AvgIpc) is 2.17. The van der Waals surface area contributed by atoms with Crippen LogP contribution in [0.2, 0.25) is 0 Å². The largest absolute Gasteiger partial charge is 0.325 e. The predicted octanol–water partition coefficient (Wildman–Crippen LogP) is 2.52. The van der Waals surface area contributed by atoms with Gasteiger partial charge in [0.25, 0.3) is 0 Å². The number of rotatable bonds is 1. The highest BCUT2D eigenvalue weighted by Gasteiger charge is 2.16. The Balaban J connectivity index is 2.57. The standard InChI is InChI=1S/C12H13NO/c1-3-9-6-8(2)7-10-4-5-11(14)13-12(9)10/h3,6-7H,1,4-5H2,2H3,(H,13,14). The molecule has 0 aliphatic carbocycles. The molecular weight excluding hydrogens is 174 g/mol. The Morgan fingerprint density at radius 2 is 2.21 bits per heavy atom. The molecule has 0 saturated carbocycles. The number of benzene rings is 1. The Bertz CT molecular complexity index is 407. The highest BCUT2D eigenvalue weighted by Crippen LogP contribution is 2.28. The molecule has 1 aliphatic heterocycles. The molecule has 0 aromatic heterocycles. The van der Waals surface area contributed by atoms with Gasteiger partial charge in [-0.3, -0.25) is 4.79 Å². The highest BCUT2D eigenvalue weighted by molar-refractivity contribution is 5.96. The molecule has 1 heterocycles. The van der Waals surface area contributed by atoms with Crippen LogP contribution in [0, 0.1) is 6.92 Å². The number of carbonyl (C=O) groups is 1. The Kier molecular flexibility index (Phi) is 2.12. The van der Waals surface area contributed by atoms with E-state index in [0.717, 1.165) is 17.7 Å². The summed E-state index contributed by atoms with van der Waals surface area (Å²) in [5, 5.41) is 2.90. The van der Waals surface area contributed by atoms with Crippen molar-refractivity contribution >= 4 is 17.7 Å². The maximum Gasteiger partial charge on any atom is 0.224 e. The first-order valence-corrected chi connectivity index (χ1v) is 4.76. The van der Waals surface area contributed by atoms with Gasteiger partial charge in [-0.05, 0) is 30.5 Å². The number of anilines is 1. The highest BCUT2D eigenvalue weighted by atomic mass is 16.1. The number of carbonyl (C=O) groups excluding carboxylic acids is 1. The molecule has 0 unspecified atom stereocenters. The van der Waals surface area contributed by atoms with Gasteiger partial charge < -0.3 is 5.32 Å². The van der Waals surface area contributed by atoms with E-state index >= 15 is 0 Å². The quantitative estimate of drug-likeness (QED) is 0.719. The summed E-state index contributed by atoms with van der Waals surface area (Å²) in [7, 11) is 0. The third kappa shape index (κ3) is 1.43. The van der Waals surface area contributed by atoms with Crippen molar-refractivity contribution in [2.24, 2.45) is 0 Å². The van der Waals surface area contributed by atoms with Gasteiger partial charge in [0, 0.05) is 6.42 Å². The minimum absolute atomic E-state index is 0.101. The van der Waals surface area contributed by atoms with E-state index in [1.54, 1.807) is 6.08 Å². The molecule has 2 rings (SSSR count). The van der Waals surface area contributed by atoms with Crippen molar-refractivity contribution in [1.82, 2.24) is 0 Å². The summed E-state index contributed by atoms with van der Waals surface area (Å²) in [6.07, 6.45) is 3.22. The second-order valence-electron chi connectivity index (χ2n) is 3.64. The Morgan fingerprint density at radius 3 is 2.93 bits per heavy atom. The first-order chi connectivity index (χ1) is 6.70. The van der Waals surface area contributed by atoms with E-state index in [2.05, 4.69) is 24.9 Å². The molecule has 72 valence electrons. The molecule has 1 aromatic rings. The van der Waals surface area contributed by atoms with Gasteiger partial charge in [-0.1, -0.05) is 24.3 Å². The van der Waals surface area contributed by atoms with Gasteiger partial charge in [-0.25, -0.2) is 0 Å². The number of nitrogens with one attached hydrogen (secondary N) is 1. The predicted molar refractivity (Wildman–Crippen MR) is 58.2 cm³/mol. The molecule has 1 aliphatic rings. The van der Waals surface area contributed by atoms with Crippen LogP contribution < -0.4 is 5.32 Å². The van der Waals surface area contributed by atoms with Crippen molar-refractivity contribution < 1.29 is 4.79 Å². The van der Waals surface area contributed by atoms with Gasteiger partial charge in [0.05, 0.1) is 5.69 Å². The summed E-state index contributed by atoms with van der Waals surface area (Å²) < 4.78 is 0. The fourth-order valence-corrected chi connectivity index (χ4v) is 1.85. The first-order valence-electron chi connectivity index (χ1n) is 4.76. The summed E-state index contributed by atoms with van der Waals surface area (Å²) in [6, 6.07) is 4.17. The second-order valence-corrected chi connectivity index (χ2v) is 3.64. The van der Waals surface area contributed by atoms with Crippen LogP contribution in [-0.2, 0) is 11.2 Å². The molecule has 1 aromatic carbocycles. The van der Waals surface area contributed by atoms with Gasteiger partial charge in [0.2, 0.25) is 5.91 Å². The van der Waals surface area contributed by atoms with E-state index in [1.165, 1.54) is 11.1 Å². The van der Waals surface area contributed by atoms with Crippen LogP contribution >= 0.6 is 0 Å². The summed E-state index contributed by atoms with van der Waals surface area (Å²) in [5.41, 5.74) is 4.41. The zero-order valence-electron chi connectivity index (χ0n) is 8.26. The second kappa shape index (κ2) is 3.29. The lowest BCUT2D eigenvalue weighted by Gasteiger charge is -2.19. The van der Waals surface area contributed by atoms with Gasteiger partial charge in [0.15, 0.2) is 0 Å². The minimum Gasteiger partial charge on any atom is -0.325 e. The number of amides is 1. The van der Waals surface area contributed by atoms with E-state index < -0.39 is 0 Å². The van der Waals surface area contributed by atoms with Crippen LogP contribution in [0.15, 0.2) is 18.7 Å². The molecule has 0 radical (unpaired) electrons. The van der Waals surface area contributed by atoms with E-state index in [4.69, 9.17) is 0 Å². The molecule has 2 heteroatoms. The van der Waals surface area contributed by atoms with Crippen LogP contribution in [-0.4, -0.2) is 5.91 Å². The van der Waals surface area contributed by atoms with E-state index in [-0.39, 0.29) is 5.91 Å². The lowest BCUT2D eigenvalue weighted by Crippen LogP contribution is -2.19. The lowest BCUT2D eigenvalue weighted by atomic mass is 9.96. The van der Waals surface area contributed by atoms with Crippen LogP contribution in [0.1, 0.15) is 23.1 Å². The van der Waals surface area contributed by atoms with E-state index in [9.17, 15) is 4.79 Å². The third-order valence-corrected chi connectivity index (χ3v) is 2.50. The molecule has 0 saturated heterocycles. The molecule has 0 fully saturated rings. The van der Waals surface area contributed by atoms with E-state index in [0.29, 0.717) is 6.42 Å². The number of fused-ring (bicyclic) bond motifs is 1. The van der Waals surface area contributed by atoms with Crippen LogP contribution in [0.25, 0.3) is 6.08 Å². The number of hydrogen-bond acceptors (Lipinski definition) is 1. The maximum absolute atomic E-state index is 11.2. The topological polar surface area (TPSA) is 29.1 Å². The molecule has 0 bridgehead atoms. The van der Waals surface area contributed by atoms with Crippen molar-refractivity contribution in [2.45, 2.75) is 19.8 Å². The number of aryl methyl sites for hydroxylation is 2. The SMILES string of the molecule is C=Cc1cc(C)cc2c1NC(=O)CC2. The number of hydrogen-bond donors (Lipinski definition) is 1. The summed E-state index contributed by atoms with van der Waals surface area (Å²) in [5.74, 6) is 0.101. The van der Waals surface area contributed by atoms with Crippen molar-refractivity contribution in [1.29, 1.82) is 0 Å². The Morgan fingerprint density at radius 1 is 1.43 bits per heavy atom. The molecule has 1 amide bonds. The monoisotopic (exact) mass is 187 g/mol. The summed E-state index contributed by atoms with van der Waals surface area (Å²) in [4.78, 5) is 11.2. The fourth-order valence-electron chi connectivity index (χ4n) is 1.85. The normalized spacial score (nSPS) is 14.5. The molecule has 14 heavy (non-hydrogen) atoms. The smallest absolute Gasteiger partial charge is 0.224 e. The maximum atomic E-state index is 11.2. The first kappa shape index (κ1) is 9.00. The van der Waals surface area contributed by atoms with Crippen LogP contribution in [0.5, 0.6) is 0 Å². The minimum atomic E-state index is 0.101. The zero-order chi connectivity index (χ0) is 10.1. The summed E-state index contributed by atoms with van der Waals surface area (Å²) >= 11 is 0. The van der Waals surface area contributed by atoms with Crippen LogP contribution in [0.3, 0.4) is 0 Å². The van der Waals surface area contributed by atoms with Gasteiger partial charge in [-0.15, -0.1) is 0 Å². The van der Waals surface area contributed by atoms with Crippen molar-refractivity contribution in [2.75, 3.05) is 5.32 Å². The third-order valence-electron chi connectivity index (χ3n) is 2.50. The van der Waals surface area contributed by atoms with Crippen molar-refractivity contribution in [3.8, 4) is 0 Å². The molecule has 0 atom stereocenters. The van der Waals surface area contributed by atoms with Gasteiger partial charge in [0.1, 0.15) is 0 Å². The average molecular weight is 187 g/mol. The molecule has 1 N–H and O–H groups in total. The fraction of sp³-hybridized carbons (Fsp3) is 0.250. The Labute approximate surface area is 83.6 Å². The summed E-state index contributed by atoms with van der Waals surface area (Å²) in [6.45, 7) is 5.81. The molecular formula is C12H13NO. The molecule has 0 spiro atoms. The van der Waals surface area contributed by atoms with Crippen molar-refractivity contribution in [3.05, 3.63) is 35.4 Å². The molecule has 2 nitrogen and oxygen atoms in total. The van der Waals surface area contributed by atoms with Crippen molar-refractivity contribution in [3.63, 3.8) is 0 Å². The van der Waals surface area contributed by atoms with E-state index in [1.807, 2.05) is 6.07 Å². The van der Waals surface area contributed by atoms with Crippen LogP contribution in [0.4, 0.5) is 5.69 Å². The van der Waals surface area contributed by atoms with Gasteiger partial charge >= 0.3 is 0 Å². The zero-order valence-corrected chi connectivity index (χ0v) is 8.26. The van der Waals surface area contributed by atoms with Gasteiger partial charge in [-0.2, -0.15) is 0 Å². The Hall–Kier alpha value is -1.57.